The summed E-state index contributed by atoms with van der Waals surface area (Å²) in [5.41, 5.74) is 10.2. The van der Waals surface area contributed by atoms with Gasteiger partial charge in [-0.1, -0.05) is 127 Å². The number of hydrogen-bond donors (Lipinski definition) is 0. The molecule has 4 aromatic rings. The SMILES string of the molecule is Cc1cc2c(cc1C(C)(C)C)=c1c(c(C3=CC=CC3)c(C)c(C(C)(C)C)c1=[Si](c1ccccc1)c1ccccc1)C=2. The molecule has 2 aliphatic carbocycles. The molecule has 0 saturated heterocycles. The summed E-state index contributed by atoms with van der Waals surface area (Å²) < 4.78 is 0. The zero-order valence-corrected chi connectivity index (χ0v) is 26.9. The fraction of sp³-hybridized carbons (Fsp3) is 0.275. The van der Waals surface area contributed by atoms with Crippen molar-refractivity contribution in [3.63, 3.8) is 0 Å². The molecule has 0 heterocycles. The van der Waals surface area contributed by atoms with Gasteiger partial charge in [0, 0.05) is 0 Å². The predicted molar refractivity (Wildman–Crippen MR) is 179 cm³/mol. The van der Waals surface area contributed by atoms with Gasteiger partial charge in [0.05, 0.1) is 8.41 Å². The maximum absolute atomic E-state index is 2.54. The minimum absolute atomic E-state index is 0.0183. The molecule has 0 radical (unpaired) electrons. The molecule has 0 spiro atoms. The molecule has 0 amide bonds. The molecule has 6 rings (SSSR count). The van der Waals surface area contributed by atoms with Crippen molar-refractivity contribution >= 4 is 30.4 Å². The molecule has 0 aliphatic heterocycles. The van der Waals surface area contributed by atoms with Crippen LogP contribution in [0.4, 0.5) is 0 Å². The van der Waals surface area contributed by atoms with Crippen LogP contribution in [0, 0.1) is 29.1 Å². The van der Waals surface area contributed by atoms with Crippen LogP contribution in [0.3, 0.4) is 0 Å². The molecule has 1 heteroatoms. The van der Waals surface area contributed by atoms with Crippen LogP contribution in [-0.4, -0.2) is 8.41 Å². The van der Waals surface area contributed by atoms with Gasteiger partial charge in [0.15, 0.2) is 0 Å². The number of aryl methyl sites for hydroxylation is 1. The van der Waals surface area contributed by atoms with Gasteiger partial charge in [-0.05, 0) is 113 Å². The molecule has 0 unspecified atom stereocenters. The highest BCUT2D eigenvalue weighted by Crippen LogP contribution is 2.39. The monoisotopic (exact) mass is 550 g/mol. The highest BCUT2D eigenvalue weighted by atomic mass is 28.2. The highest BCUT2D eigenvalue weighted by molar-refractivity contribution is 6.78. The van der Waals surface area contributed by atoms with Crippen molar-refractivity contribution in [3.8, 4) is 0 Å². The third-order valence-corrected chi connectivity index (χ3v) is 11.6. The minimum atomic E-state index is -1.33. The molecular weight excluding hydrogens is 509 g/mol. The Balaban J connectivity index is 2.01. The maximum atomic E-state index is 2.54. The summed E-state index contributed by atoms with van der Waals surface area (Å²) in [4.78, 5) is 1.57. The Kier molecular flexibility index (Phi) is 6.78. The van der Waals surface area contributed by atoms with Crippen molar-refractivity contribution < 1.29 is 0 Å². The second-order valence-corrected chi connectivity index (χ2v) is 16.3. The van der Waals surface area contributed by atoms with E-state index in [1.165, 1.54) is 65.0 Å². The van der Waals surface area contributed by atoms with Crippen molar-refractivity contribution in [3.05, 3.63) is 145 Å². The van der Waals surface area contributed by atoms with Crippen molar-refractivity contribution in [2.24, 2.45) is 0 Å². The van der Waals surface area contributed by atoms with E-state index < -0.39 is 8.41 Å². The molecule has 0 atom stereocenters. The van der Waals surface area contributed by atoms with E-state index in [1.807, 2.05) is 0 Å². The first kappa shape index (κ1) is 27.6. The Morgan fingerprint density at radius 2 is 1.34 bits per heavy atom. The van der Waals surface area contributed by atoms with Gasteiger partial charge < -0.3 is 0 Å². The van der Waals surface area contributed by atoms with Crippen molar-refractivity contribution in [2.75, 3.05) is 0 Å². The Labute approximate surface area is 247 Å². The van der Waals surface area contributed by atoms with Crippen molar-refractivity contribution in [1.29, 1.82) is 0 Å². The van der Waals surface area contributed by atoms with Gasteiger partial charge in [-0.3, -0.25) is 0 Å². The Morgan fingerprint density at radius 3 is 1.85 bits per heavy atom. The Morgan fingerprint density at radius 1 is 0.732 bits per heavy atom. The lowest BCUT2D eigenvalue weighted by atomic mass is 9.79. The quantitative estimate of drug-likeness (QED) is 0.201. The highest BCUT2D eigenvalue weighted by Gasteiger charge is 2.28. The van der Waals surface area contributed by atoms with E-state index in [9.17, 15) is 0 Å². The standard InChI is InChI=1S/C40H42Si/c1-26-23-29-24-33-35(28-17-15-16-18-28)27(2)37(40(6,7)8)38(36(33)32(29)25-34(26)39(3,4)5)41(30-19-11-9-12-20-30)31-21-13-10-14-22-31/h9-17,19-25H,18H2,1-8H3. The van der Waals surface area contributed by atoms with Crippen molar-refractivity contribution in [2.45, 2.75) is 72.6 Å². The number of benzene rings is 4. The van der Waals surface area contributed by atoms with Gasteiger partial charge in [-0.25, -0.2) is 0 Å². The fourth-order valence-corrected chi connectivity index (χ4v) is 10.5. The first-order valence-corrected chi connectivity index (χ1v) is 16.5. The molecule has 0 nitrogen and oxygen atoms in total. The summed E-state index contributed by atoms with van der Waals surface area (Å²) in [6, 6.07) is 27.6. The molecule has 0 fully saturated rings. The predicted octanol–water partition coefficient (Wildman–Crippen LogP) is 7.81. The summed E-state index contributed by atoms with van der Waals surface area (Å²) in [6.45, 7) is 19.0. The van der Waals surface area contributed by atoms with Crippen LogP contribution in [0.1, 0.15) is 81.3 Å². The van der Waals surface area contributed by atoms with E-state index >= 15 is 0 Å². The van der Waals surface area contributed by atoms with Crippen LogP contribution in [0.5, 0.6) is 0 Å². The second kappa shape index (κ2) is 10.1. The van der Waals surface area contributed by atoms with Crippen LogP contribution in [0.2, 0.25) is 0 Å². The van der Waals surface area contributed by atoms with Crippen LogP contribution in [-0.2, 0) is 10.8 Å². The van der Waals surface area contributed by atoms with Gasteiger partial charge in [0.2, 0.25) is 0 Å². The molecular formula is C40H42Si. The van der Waals surface area contributed by atoms with Gasteiger partial charge in [-0.2, -0.15) is 0 Å². The average molecular weight is 551 g/mol. The molecule has 206 valence electrons. The fourth-order valence-electron chi connectivity index (χ4n) is 7.25. The number of hydrogen-bond acceptors (Lipinski definition) is 0. The molecule has 2 aliphatic rings. The van der Waals surface area contributed by atoms with E-state index in [1.54, 1.807) is 4.81 Å². The smallest absolute Gasteiger partial charge is 0.0801 e. The maximum Gasteiger partial charge on any atom is 0.0888 e. The normalized spacial score (nSPS) is 14.0. The minimum Gasteiger partial charge on any atom is -0.0801 e. The molecule has 41 heavy (non-hydrogen) atoms. The second-order valence-electron chi connectivity index (χ2n) is 13.9. The van der Waals surface area contributed by atoms with E-state index in [4.69, 9.17) is 0 Å². The average Bonchev–Trinajstić information content (AvgIpc) is 3.56. The van der Waals surface area contributed by atoms with Gasteiger partial charge in [-0.15, -0.1) is 0 Å². The number of allylic oxidation sites excluding steroid dienone is 4. The van der Waals surface area contributed by atoms with Crippen LogP contribution >= 0.6 is 0 Å². The molecule has 4 aromatic carbocycles. The summed E-state index contributed by atoms with van der Waals surface area (Å²) in [5, 5.41) is 7.15. The van der Waals surface area contributed by atoms with Crippen LogP contribution < -0.4 is 15.6 Å². The number of rotatable bonds is 3. The summed E-state index contributed by atoms with van der Waals surface area (Å²) >= 11 is 0. The van der Waals surface area contributed by atoms with E-state index in [0.29, 0.717) is 0 Å². The molecule has 0 N–H and O–H groups in total. The van der Waals surface area contributed by atoms with Crippen molar-refractivity contribution in [1.82, 2.24) is 0 Å². The zero-order valence-electron chi connectivity index (χ0n) is 25.9. The van der Waals surface area contributed by atoms with Gasteiger partial charge >= 0.3 is 0 Å². The first-order chi connectivity index (χ1) is 19.5. The summed E-state index contributed by atoms with van der Waals surface area (Å²) in [6.07, 6.45) is 10.4. The van der Waals surface area contributed by atoms with E-state index in [-0.39, 0.29) is 10.8 Å². The summed E-state index contributed by atoms with van der Waals surface area (Å²) in [7, 11) is -1.33. The lowest BCUT2D eigenvalue weighted by Gasteiger charge is -2.28. The third kappa shape index (κ3) is 4.75. The topological polar surface area (TPSA) is 0 Å². The zero-order chi connectivity index (χ0) is 29.1. The van der Waals surface area contributed by atoms with Crippen LogP contribution in [0.25, 0.3) is 11.6 Å². The lowest BCUT2D eigenvalue weighted by Crippen LogP contribution is -2.37. The molecule has 0 aromatic heterocycles. The lowest BCUT2D eigenvalue weighted by molar-refractivity contribution is 0.582. The van der Waals surface area contributed by atoms with E-state index in [0.717, 1.165) is 6.42 Å². The largest absolute Gasteiger partial charge is 0.0888 e. The Bertz CT molecular complexity index is 1920. The Hall–Kier alpha value is -3.55. The number of fused-ring (bicyclic) bond motifs is 2. The van der Waals surface area contributed by atoms with Gasteiger partial charge in [0.25, 0.3) is 0 Å². The first-order valence-electron chi connectivity index (χ1n) is 15.0. The molecule has 0 saturated carbocycles. The van der Waals surface area contributed by atoms with Crippen LogP contribution in [0.15, 0.2) is 91.0 Å². The molecule has 0 bridgehead atoms. The third-order valence-electron chi connectivity index (χ3n) is 8.78. The van der Waals surface area contributed by atoms with E-state index in [2.05, 4.69) is 152 Å². The summed E-state index contributed by atoms with van der Waals surface area (Å²) in [5.74, 6) is 0. The van der Waals surface area contributed by atoms with Gasteiger partial charge in [0.1, 0.15) is 0 Å².